The molecule has 1 heterocycles. The van der Waals surface area contributed by atoms with E-state index in [4.69, 9.17) is 20.0 Å². The molecule has 2 rings (SSSR count). The summed E-state index contributed by atoms with van der Waals surface area (Å²) < 4.78 is 35.8. The highest BCUT2D eigenvalue weighted by Crippen LogP contribution is 2.37. The predicted molar refractivity (Wildman–Crippen MR) is 98.1 cm³/mol. The first kappa shape index (κ1) is 18.5. The van der Waals surface area contributed by atoms with E-state index in [1.54, 1.807) is 6.07 Å². The zero-order valence-corrected chi connectivity index (χ0v) is 17.0. The van der Waals surface area contributed by atoms with Crippen LogP contribution < -0.4 is 5.46 Å². The van der Waals surface area contributed by atoms with E-state index in [-0.39, 0.29) is 5.75 Å². The normalized spacial score (nSPS) is 20.4. The monoisotopic (exact) mass is 456 g/mol. The molecule has 1 aromatic carbocycles. The molecular weight excluding hydrogens is 437 g/mol. The quantitative estimate of drug-likeness (QED) is 0.399. The van der Waals surface area contributed by atoms with Crippen molar-refractivity contribution in [2.75, 3.05) is 0 Å². The van der Waals surface area contributed by atoms with Crippen LogP contribution >= 0.6 is 33.3 Å². The molecule has 0 N–H and O–H groups in total. The van der Waals surface area contributed by atoms with Crippen LogP contribution in [0.5, 0.6) is 0 Å². The second-order valence-electron chi connectivity index (χ2n) is 6.56. The first-order valence-electron chi connectivity index (χ1n) is 6.89. The maximum Gasteiger partial charge on any atom is 0.495 e. The van der Waals surface area contributed by atoms with Crippen LogP contribution in [-0.4, -0.2) is 26.7 Å². The van der Waals surface area contributed by atoms with Gasteiger partial charge in [-0.2, -0.15) is 0 Å². The van der Waals surface area contributed by atoms with E-state index < -0.39 is 27.4 Å². The van der Waals surface area contributed by atoms with Crippen molar-refractivity contribution < 1.29 is 17.7 Å². The Balaban J connectivity index is 2.44. The van der Waals surface area contributed by atoms with Crippen molar-refractivity contribution in [3.8, 4) is 0 Å². The molecule has 0 saturated carbocycles. The van der Waals surface area contributed by atoms with Gasteiger partial charge >= 0.3 is 7.12 Å². The molecule has 22 heavy (non-hydrogen) atoms. The Labute approximate surface area is 150 Å². The number of hydrogen-bond acceptors (Lipinski definition) is 4. The molecule has 0 spiro atoms. The molecule has 1 aliphatic heterocycles. The van der Waals surface area contributed by atoms with Gasteiger partial charge in [-0.1, -0.05) is 6.07 Å². The average molecular weight is 457 g/mol. The maximum absolute atomic E-state index is 11.3. The molecule has 8 heteroatoms. The van der Waals surface area contributed by atoms with E-state index in [0.29, 0.717) is 5.56 Å². The second-order valence-corrected chi connectivity index (χ2v) is 10.5. The molecule has 0 aromatic heterocycles. The molecule has 0 unspecified atom stereocenters. The van der Waals surface area contributed by atoms with Crippen LogP contribution in [0.25, 0.3) is 0 Å². The summed E-state index contributed by atoms with van der Waals surface area (Å²) in [5, 5.41) is 0. The first-order chi connectivity index (χ1) is 9.82. The van der Waals surface area contributed by atoms with E-state index in [9.17, 15) is 8.42 Å². The molecule has 1 saturated heterocycles. The van der Waals surface area contributed by atoms with Crippen molar-refractivity contribution in [2.24, 2.45) is 0 Å². The topological polar surface area (TPSA) is 52.6 Å². The van der Waals surface area contributed by atoms with E-state index in [2.05, 4.69) is 22.6 Å². The Morgan fingerprint density at radius 1 is 1.18 bits per heavy atom. The van der Waals surface area contributed by atoms with Gasteiger partial charge in [-0.3, -0.25) is 0 Å². The fraction of sp³-hybridized carbons (Fsp3) is 0.571. The molecule has 1 fully saturated rings. The average Bonchev–Trinajstić information content (AvgIpc) is 2.50. The highest BCUT2D eigenvalue weighted by Gasteiger charge is 2.52. The lowest BCUT2D eigenvalue weighted by Crippen LogP contribution is -2.41. The predicted octanol–water partition coefficient (Wildman–Crippen LogP) is 2.97. The Morgan fingerprint density at radius 3 is 2.14 bits per heavy atom. The van der Waals surface area contributed by atoms with Crippen LogP contribution in [0.2, 0.25) is 0 Å². The van der Waals surface area contributed by atoms with E-state index in [1.165, 1.54) is 0 Å². The first-order valence-corrected chi connectivity index (χ1v) is 10.4. The van der Waals surface area contributed by atoms with Crippen molar-refractivity contribution >= 4 is 54.9 Å². The SMILES string of the molecule is Cc1c(I)cc(CS(=O)(=O)Cl)cc1B1OC(C)(C)C(C)(C)O1. The van der Waals surface area contributed by atoms with E-state index in [1.807, 2.05) is 40.7 Å². The van der Waals surface area contributed by atoms with Gasteiger partial charge < -0.3 is 9.31 Å². The third-order valence-corrected chi connectivity index (χ3v) is 6.42. The Kier molecular flexibility index (Phi) is 4.98. The van der Waals surface area contributed by atoms with Crippen LogP contribution in [0.4, 0.5) is 0 Å². The molecular formula is C14H19BClIO4S. The lowest BCUT2D eigenvalue weighted by atomic mass is 9.75. The van der Waals surface area contributed by atoms with Crippen molar-refractivity contribution in [1.29, 1.82) is 0 Å². The van der Waals surface area contributed by atoms with Gasteiger partial charge in [-0.05, 0) is 79.9 Å². The van der Waals surface area contributed by atoms with Gasteiger partial charge in [0.15, 0.2) is 0 Å². The Morgan fingerprint density at radius 2 is 1.68 bits per heavy atom. The van der Waals surface area contributed by atoms with E-state index >= 15 is 0 Å². The highest BCUT2D eigenvalue weighted by molar-refractivity contribution is 14.1. The van der Waals surface area contributed by atoms with Gasteiger partial charge in [0, 0.05) is 14.3 Å². The zero-order chi connectivity index (χ0) is 16.9. The summed E-state index contributed by atoms with van der Waals surface area (Å²) >= 11 is 2.18. The fourth-order valence-electron chi connectivity index (χ4n) is 2.26. The summed E-state index contributed by atoms with van der Waals surface area (Å²) in [7, 11) is 1.25. The summed E-state index contributed by atoms with van der Waals surface area (Å²) in [6.45, 7) is 9.92. The van der Waals surface area contributed by atoms with Crippen LogP contribution in [0, 0.1) is 10.5 Å². The summed E-state index contributed by atoms with van der Waals surface area (Å²) in [5.41, 5.74) is 1.62. The lowest BCUT2D eigenvalue weighted by molar-refractivity contribution is 0.00578. The molecule has 1 aliphatic rings. The summed E-state index contributed by atoms with van der Waals surface area (Å²) in [6.07, 6.45) is 0. The molecule has 0 radical (unpaired) electrons. The summed E-state index contributed by atoms with van der Waals surface area (Å²) in [6, 6.07) is 3.63. The minimum Gasteiger partial charge on any atom is -0.399 e. The number of halogens is 2. The van der Waals surface area contributed by atoms with Crippen molar-refractivity contribution in [1.82, 2.24) is 0 Å². The number of rotatable bonds is 3. The number of benzene rings is 1. The van der Waals surface area contributed by atoms with Crippen LogP contribution in [0.1, 0.15) is 38.8 Å². The second kappa shape index (κ2) is 5.91. The largest absolute Gasteiger partial charge is 0.495 e. The minimum absolute atomic E-state index is 0.211. The molecule has 0 aliphatic carbocycles. The molecule has 0 amide bonds. The van der Waals surface area contributed by atoms with Crippen LogP contribution in [0.15, 0.2) is 12.1 Å². The van der Waals surface area contributed by atoms with Crippen molar-refractivity contribution in [3.05, 3.63) is 26.8 Å². The lowest BCUT2D eigenvalue weighted by Gasteiger charge is -2.32. The van der Waals surface area contributed by atoms with Gasteiger partial charge in [-0.15, -0.1) is 0 Å². The minimum atomic E-state index is -3.61. The van der Waals surface area contributed by atoms with E-state index in [0.717, 1.165) is 14.6 Å². The maximum atomic E-state index is 11.3. The molecule has 4 nitrogen and oxygen atoms in total. The Hall–Kier alpha value is 0.175. The van der Waals surface area contributed by atoms with Gasteiger partial charge in [0.2, 0.25) is 9.05 Å². The van der Waals surface area contributed by atoms with Crippen LogP contribution in [-0.2, 0) is 24.1 Å². The third-order valence-electron chi connectivity index (χ3n) is 4.29. The standard InChI is InChI=1S/C14H19BClIO4S/c1-9-11(15-20-13(2,3)14(4,5)21-15)6-10(7-12(9)17)8-22(16,18)19/h6-7H,8H2,1-5H3. The molecule has 0 bridgehead atoms. The summed E-state index contributed by atoms with van der Waals surface area (Å²) in [4.78, 5) is 0. The van der Waals surface area contributed by atoms with Crippen molar-refractivity contribution in [3.63, 3.8) is 0 Å². The van der Waals surface area contributed by atoms with Gasteiger partial charge in [0.05, 0.1) is 17.0 Å². The van der Waals surface area contributed by atoms with Gasteiger partial charge in [-0.25, -0.2) is 8.42 Å². The van der Waals surface area contributed by atoms with Gasteiger partial charge in [0.1, 0.15) is 0 Å². The number of hydrogen-bond donors (Lipinski definition) is 0. The molecule has 0 atom stereocenters. The smallest absolute Gasteiger partial charge is 0.399 e. The fourth-order valence-corrected chi connectivity index (χ4v) is 3.91. The van der Waals surface area contributed by atoms with Crippen molar-refractivity contribution in [2.45, 2.75) is 51.6 Å². The summed E-state index contributed by atoms with van der Waals surface area (Å²) in [5.74, 6) is -0.211. The Bertz CT molecular complexity index is 687. The molecule has 1 aromatic rings. The highest BCUT2D eigenvalue weighted by atomic mass is 127. The van der Waals surface area contributed by atoms with Crippen LogP contribution in [0.3, 0.4) is 0 Å². The van der Waals surface area contributed by atoms with Gasteiger partial charge in [0.25, 0.3) is 0 Å². The molecule has 122 valence electrons. The third kappa shape index (κ3) is 3.80. The zero-order valence-electron chi connectivity index (χ0n) is 13.2.